The summed E-state index contributed by atoms with van der Waals surface area (Å²) in [5.41, 5.74) is 1.10. The molecule has 0 aromatic carbocycles. The molecular formula is C18H29NO2. The van der Waals surface area contributed by atoms with Crippen molar-refractivity contribution >= 4 is 6.09 Å². The number of unbranched alkanes of at least 4 members (excludes halogenated alkanes) is 1. The number of carbonyl (C=O) groups excluding carboxylic acids is 1. The maximum Gasteiger partial charge on any atom is 0.411 e. The minimum absolute atomic E-state index is 0.140. The molecule has 0 aromatic rings. The highest BCUT2D eigenvalue weighted by Crippen LogP contribution is 2.35. The number of amides is 1. The minimum atomic E-state index is -0.417. The number of hydrogen-bond donors (Lipinski definition) is 0. The van der Waals surface area contributed by atoms with Gasteiger partial charge in [-0.2, -0.15) is 0 Å². The predicted molar refractivity (Wildman–Crippen MR) is 86.2 cm³/mol. The molecule has 21 heavy (non-hydrogen) atoms. The van der Waals surface area contributed by atoms with E-state index in [9.17, 15) is 4.79 Å². The first-order chi connectivity index (χ1) is 9.90. The van der Waals surface area contributed by atoms with E-state index in [4.69, 9.17) is 4.74 Å². The maximum atomic E-state index is 12.5. The molecule has 0 radical (unpaired) electrons. The van der Waals surface area contributed by atoms with Crippen LogP contribution in [0.4, 0.5) is 4.79 Å². The average molecular weight is 291 g/mol. The molecule has 1 amide bonds. The zero-order chi connectivity index (χ0) is 15.5. The zero-order valence-electron chi connectivity index (χ0n) is 13.7. The first kappa shape index (κ1) is 16.1. The molecule has 2 heterocycles. The highest BCUT2D eigenvalue weighted by Gasteiger charge is 2.38. The fraction of sp³-hybridized carbons (Fsp3) is 0.722. The Balaban J connectivity index is 2.04. The molecule has 0 saturated carbocycles. The SMILES string of the molecule is C=CCCCC1=CC2CCCC(C1)N2C(=O)OC(C)(C)C. The molecule has 3 heteroatoms. The average Bonchev–Trinajstić information content (AvgIpc) is 2.35. The van der Waals surface area contributed by atoms with Crippen molar-refractivity contribution < 1.29 is 9.53 Å². The maximum absolute atomic E-state index is 12.5. The minimum Gasteiger partial charge on any atom is -0.444 e. The van der Waals surface area contributed by atoms with Crippen LogP contribution >= 0.6 is 0 Å². The van der Waals surface area contributed by atoms with E-state index >= 15 is 0 Å². The van der Waals surface area contributed by atoms with E-state index in [1.165, 1.54) is 18.4 Å². The summed E-state index contributed by atoms with van der Waals surface area (Å²) < 4.78 is 5.59. The predicted octanol–water partition coefficient (Wildman–Crippen LogP) is 4.83. The highest BCUT2D eigenvalue weighted by molar-refractivity contribution is 5.70. The largest absolute Gasteiger partial charge is 0.444 e. The topological polar surface area (TPSA) is 29.5 Å². The van der Waals surface area contributed by atoms with E-state index < -0.39 is 5.60 Å². The molecule has 0 spiro atoms. The summed E-state index contributed by atoms with van der Waals surface area (Å²) in [5, 5.41) is 0. The number of carbonyl (C=O) groups is 1. The van der Waals surface area contributed by atoms with Gasteiger partial charge < -0.3 is 4.74 Å². The van der Waals surface area contributed by atoms with Crippen LogP contribution in [0.15, 0.2) is 24.3 Å². The van der Waals surface area contributed by atoms with Crippen LogP contribution in [0.5, 0.6) is 0 Å². The fourth-order valence-corrected chi connectivity index (χ4v) is 3.38. The lowest BCUT2D eigenvalue weighted by molar-refractivity contribution is -0.00158. The second-order valence-electron chi connectivity index (χ2n) is 7.25. The normalized spacial score (nSPS) is 25.3. The van der Waals surface area contributed by atoms with Crippen LogP contribution in [0.3, 0.4) is 0 Å². The Morgan fingerprint density at radius 3 is 2.86 bits per heavy atom. The Morgan fingerprint density at radius 2 is 2.24 bits per heavy atom. The van der Waals surface area contributed by atoms with Crippen molar-refractivity contribution in [1.29, 1.82) is 0 Å². The summed E-state index contributed by atoms with van der Waals surface area (Å²) in [6.07, 6.45) is 12.0. The second kappa shape index (κ2) is 6.67. The quantitative estimate of drug-likeness (QED) is 0.548. The molecule has 118 valence electrons. The van der Waals surface area contributed by atoms with Crippen molar-refractivity contribution in [3.8, 4) is 0 Å². The van der Waals surface area contributed by atoms with E-state index in [0.29, 0.717) is 6.04 Å². The van der Waals surface area contributed by atoms with Crippen molar-refractivity contribution in [2.45, 2.75) is 83.4 Å². The second-order valence-corrected chi connectivity index (χ2v) is 7.25. The Labute approximate surface area is 129 Å². The Hall–Kier alpha value is -1.25. The van der Waals surface area contributed by atoms with Gasteiger partial charge in [-0.15, -0.1) is 6.58 Å². The summed E-state index contributed by atoms with van der Waals surface area (Å²) in [4.78, 5) is 14.4. The molecule has 2 bridgehead atoms. The molecule has 1 saturated heterocycles. The van der Waals surface area contributed by atoms with Crippen molar-refractivity contribution in [3.05, 3.63) is 24.3 Å². The van der Waals surface area contributed by atoms with Crippen LogP contribution in [0.1, 0.15) is 65.7 Å². The number of ether oxygens (including phenoxy) is 1. The summed E-state index contributed by atoms with van der Waals surface area (Å²) in [7, 11) is 0. The van der Waals surface area contributed by atoms with Gasteiger partial charge >= 0.3 is 6.09 Å². The van der Waals surface area contributed by atoms with Gasteiger partial charge in [-0.1, -0.05) is 17.7 Å². The molecule has 2 unspecified atom stereocenters. The third-order valence-electron chi connectivity index (χ3n) is 4.22. The van der Waals surface area contributed by atoms with E-state index in [1.54, 1.807) is 0 Å². The van der Waals surface area contributed by atoms with Gasteiger partial charge in [0.05, 0.1) is 6.04 Å². The summed E-state index contributed by atoms with van der Waals surface area (Å²) in [6.45, 7) is 9.58. The van der Waals surface area contributed by atoms with Gasteiger partial charge in [0.25, 0.3) is 0 Å². The molecule has 2 aliphatic rings. The van der Waals surface area contributed by atoms with Crippen LogP contribution in [-0.2, 0) is 4.74 Å². The number of nitrogens with zero attached hydrogens (tertiary/aromatic N) is 1. The smallest absolute Gasteiger partial charge is 0.411 e. The Kier molecular flexibility index (Phi) is 5.13. The Bertz CT molecular complexity index is 419. The molecule has 2 atom stereocenters. The van der Waals surface area contributed by atoms with E-state index in [-0.39, 0.29) is 12.1 Å². The fourth-order valence-electron chi connectivity index (χ4n) is 3.38. The first-order valence-corrected chi connectivity index (χ1v) is 8.22. The van der Waals surface area contributed by atoms with E-state index in [2.05, 4.69) is 12.7 Å². The van der Waals surface area contributed by atoms with E-state index in [1.807, 2.05) is 31.7 Å². The molecule has 3 nitrogen and oxygen atoms in total. The third-order valence-corrected chi connectivity index (χ3v) is 4.22. The molecule has 0 aromatic heterocycles. The van der Waals surface area contributed by atoms with Gasteiger partial charge in [0.1, 0.15) is 5.60 Å². The van der Waals surface area contributed by atoms with Crippen LogP contribution < -0.4 is 0 Å². The highest BCUT2D eigenvalue weighted by atomic mass is 16.6. The van der Waals surface area contributed by atoms with Crippen LogP contribution in [0.2, 0.25) is 0 Å². The van der Waals surface area contributed by atoms with Crippen LogP contribution in [0, 0.1) is 0 Å². The number of fused-ring (bicyclic) bond motifs is 2. The van der Waals surface area contributed by atoms with Crippen LogP contribution in [0.25, 0.3) is 0 Å². The molecule has 0 N–H and O–H groups in total. The lowest BCUT2D eigenvalue weighted by atomic mass is 9.84. The molecular weight excluding hydrogens is 262 g/mol. The van der Waals surface area contributed by atoms with Gasteiger partial charge in [-0.3, -0.25) is 4.90 Å². The number of rotatable bonds is 4. The van der Waals surface area contributed by atoms with Crippen molar-refractivity contribution in [3.63, 3.8) is 0 Å². The summed E-state index contributed by atoms with van der Waals surface area (Å²) >= 11 is 0. The zero-order valence-corrected chi connectivity index (χ0v) is 13.7. The lowest BCUT2D eigenvalue weighted by Crippen LogP contribution is -2.53. The number of hydrogen-bond acceptors (Lipinski definition) is 2. The van der Waals surface area contributed by atoms with Crippen LogP contribution in [-0.4, -0.2) is 28.7 Å². The first-order valence-electron chi connectivity index (χ1n) is 8.22. The standard InChI is InChI=1S/C18H29NO2/c1-5-6-7-9-14-12-15-10-8-11-16(13-14)19(15)17(20)21-18(2,3)4/h5,12,15-16H,1,6-11,13H2,2-4H3. The Morgan fingerprint density at radius 1 is 1.48 bits per heavy atom. The van der Waals surface area contributed by atoms with Gasteiger partial charge in [-0.05, 0) is 65.7 Å². The molecule has 2 rings (SSSR count). The van der Waals surface area contributed by atoms with Gasteiger partial charge in [0.2, 0.25) is 0 Å². The van der Waals surface area contributed by atoms with Gasteiger partial charge in [-0.25, -0.2) is 4.79 Å². The molecule has 1 fully saturated rings. The van der Waals surface area contributed by atoms with Crippen molar-refractivity contribution in [2.75, 3.05) is 0 Å². The number of allylic oxidation sites excluding steroid dienone is 1. The third kappa shape index (κ3) is 4.36. The van der Waals surface area contributed by atoms with Crippen molar-refractivity contribution in [1.82, 2.24) is 4.90 Å². The lowest BCUT2D eigenvalue weighted by Gasteiger charge is -2.45. The summed E-state index contributed by atoms with van der Waals surface area (Å²) in [6, 6.07) is 0.577. The molecule has 0 aliphatic carbocycles. The molecule has 2 aliphatic heterocycles. The van der Waals surface area contributed by atoms with Crippen molar-refractivity contribution in [2.24, 2.45) is 0 Å². The van der Waals surface area contributed by atoms with Gasteiger partial charge in [0.15, 0.2) is 0 Å². The summed E-state index contributed by atoms with van der Waals surface area (Å²) in [5.74, 6) is 0. The monoisotopic (exact) mass is 291 g/mol. The number of piperidine rings is 1. The van der Waals surface area contributed by atoms with Gasteiger partial charge in [0, 0.05) is 6.04 Å². The van der Waals surface area contributed by atoms with E-state index in [0.717, 1.165) is 32.1 Å².